The van der Waals surface area contributed by atoms with Gasteiger partial charge in [0, 0.05) is 24.6 Å². The van der Waals surface area contributed by atoms with Crippen molar-refractivity contribution >= 4 is 23.7 Å². The Labute approximate surface area is 245 Å². The Morgan fingerprint density at radius 3 is 2.12 bits per heavy atom. The number of benzene rings is 1. The summed E-state index contributed by atoms with van der Waals surface area (Å²) in [7, 11) is 3.41. The van der Waals surface area contributed by atoms with Gasteiger partial charge in [-0.25, -0.2) is 4.79 Å². The van der Waals surface area contributed by atoms with Crippen molar-refractivity contribution in [1.29, 1.82) is 0 Å². The fourth-order valence-corrected chi connectivity index (χ4v) is 5.33. The molecule has 0 bridgehead atoms. The Morgan fingerprint density at radius 2 is 1.63 bits per heavy atom. The van der Waals surface area contributed by atoms with E-state index in [4.69, 9.17) is 0 Å². The highest BCUT2D eigenvalue weighted by Crippen LogP contribution is 2.29. The molecule has 0 saturated carbocycles. The fraction of sp³-hybridized carbons (Fsp3) is 0.562. The summed E-state index contributed by atoms with van der Waals surface area (Å²) in [6, 6.07) is 6.85. The Kier molecular flexibility index (Phi) is 11.1. The number of carboxylic acid groups (broad SMARTS) is 1. The molecule has 3 N–H and O–H groups in total. The molecular formula is C32H48N4O5. The number of likely N-dealkylation sites (N-methyl/N-ethyl adjacent to an activating group) is 2. The molecule has 1 aliphatic rings. The Hall–Kier alpha value is -3.46. The molecule has 1 heterocycles. The van der Waals surface area contributed by atoms with E-state index in [1.165, 1.54) is 11.0 Å². The number of carboxylic acids is 1. The summed E-state index contributed by atoms with van der Waals surface area (Å²) < 4.78 is 0. The van der Waals surface area contributed by atoms with E-state index in [0.29, 0.717) is 5.57 Å². The average Bonchev–Trinajstić information content (AvgIpc) is 3.39. The van der Waals surface area contributed by atoms with Crippen LogP contribution in [-0.2, 0) is 24.6 Å². The smallest absolute Gasteiger partial charge is 0.330 e. The average molecular weight is 569 g/mol. The van der Waals surface area contributed by atoms with E-state index in [1.807, 2.05) is 78.8 Å². The predicted molar refractivity (Wildman–Crippen MR) is 161 cm³/mol. The molecule has 0 fully saturated rings. The number of carbonyl (C=O) groups is 4. The summed E-state index contributed by atoms with van der Waals surface area (Å²) in [6.45, 7) is 15.5. The highest BCUT2D eigenvalue weighted by atomic mass is 16.4. The maximum Gasteiger partial charge on any atom is 0.330 e. The van der Waals surface area contributed by atoms with Crippen molar-refractivity contribution in [3.8, 4) is 0 Å². The lowest BCUT2D eigenvalue weighted by Gasteiger charge is -2.40. The molecule has 9 nitrogen and oxygen atoms in total. The largest absolute Gasteiger partial charge is 0.479 e. The number of carbonyl (C=O) groups excluding carboxylic acids is 3. The number of rotatable bonds is 11. The normalized spacial score (nSPS) is 18.2. The lowest BCUT2D eigenvalue weighted by molar-refractivity contribution is -0.145. The first kappa shape index (κ1) is 33.7. The van der Waals surface area contributed by atoms with Gasteiger partial charge in [-0.3, -0.25) is 14.4 Å². The summed E-state index contributed by atoms with van der Waals surface area (Å²) in [5, 5.41) is 15.7. The number of aliphatic carboxylic acids is 1. The third-order valence-electron chi connectivity index (χ3n) is 7.90. The highest BCUT2D eigenvalue weighted by Gasteiger charge is 2.42. The Morgan fingerprint density at radius 1 is 1.05 bits per heavy atom. The summed E-state index contributed by atoms with van der Waals surface area (Å²) in [6.07, 6.45) is 4.88. The Bertz CT molecular complexity index is 1170. The number of nitrogens with one attached hydrogen (secondary N) is 2. The number of amides is 3. The number of hydrogen-bond acceptors (Lipinski definition) is 5. The minimum absolute atomic E-state index is 0.0583. The zero-order valence-electron chi connectivity index (χ0n) is 26.2. The van der Waals surface area contributed by atoms with Crippen LogP contribution in [0.5, 0.6) is 0 Å². The lowest BCUT2D eigenvalue weighted by atomic mass is 9.76. The van der Waals surface area contributed by atoms with Crippen LogP contribution in [-0.4, -0.2) is 83.4 Å². The second-order valence-electron chi connectivity index (χ2n) is 12.8. The monoisotopic (exact) mass is 568 g/mol. The summed E-state index contributed by atoms with van der Waals surface area (Å²) in [4.78, 5) is 55.4. The molecule has 41 heavy (non-hydrogen) atoms. The van der Waals surface area contributed by atoms with Crippen LogP contribution >= 0.6 is 0 Å². The van der Waals surface area contributed by atoms with Crippen LogP contribution in [0.1, 0.15) is 61.0 Å². The van der Waals surface area contributed by atoms with Gasteiger partial charge in [0.25, 0.3) is 5.91 Å². The van der Waals surface area contributed by atoms with Crippen LogP contribution in [0.4, 0.5) is 0 Å². The molecule has 0 unspecified atom stereocenters. The predicted octanol–water partition coefficient (Wildman–Crippen LogP) is 3.36. The van der Waals surface area contributed by atoms with Crippen molar-refractivity contribution < 1.29 is 24.3 Å². The van der Waals surface area contributed by atoms with E-state index >= 15 is 0 Å². The molecular weight excluding hydrogens is 520 g/mol. The zero-order valence-corrected chi connectivity index (χ0v) is 26.2. The van der Waals surface area contributed by atoms with Crippen LogP contribution in [0.2, 0.25) is 0 Å². The maximum atomic E-state index is 14.0. The van der Waals surface area contributed by atoms with E-state index < -0.39 is 46.9 Å². The molecule has 0 aromatic heterocycles. The quantitative estimate of drug-likeness (QED) is 0.278. The molecule has 0 spiro atoms. The number of nitrogens with zero attached hydrogens (tertiary/aromatic N) is 2. The van der Waals surface area contributed by atoms with E-state index in [0.717, 1.165) is 5.56 Å². The van der Waals surface area contributed by atoms with Crippen LogP contribution in [0.3, 0.4) is 0 Å². The van der Waals surface area contributed by atoms with E-state index in [1.54, 1.807) is 38.1 Å². The van der Waals surface area contributed by atoms with Crippen molar-refractivity contribution in [3.63, 3.8) is 0 Å². The number of hydrogen-bond donors (Lipinski definition) is 3. The van der Waals surface area contributed by atoms with Gasteiger partial charge in [0.15, 0.2) is 0 Å². The molecule has 226 valence electrons. The second kappa shape index (κ2) is 13.5. The van der Waals surface area contributed by atoms with Crippen LogP contribution in [0.15, 0.2) is 54.1 Å². The lowest BCUT2D eigenvalue weighted by Crippen LogP contribution is -2.61. The van der Waals surface area contributed by atoms with Crippen molar-refractivity contribution in [2.45, 2.75) is 85.0 Å². The van der Waals surface area contributed by atoms with E-state index in [2.05, 4.69) is 10.6 Å². The molecule has 0 aliphatic carbocycles. The van der Waals surface area contributed by atoms with Gasteiger partial charge in [0.1, 0.15) is 12.1 Å². The molecule has 1 aromatic carbocycles. The highest BCUT2D eigenvalue weighted by molar-refractivity contribution is 5.97. The van der Waals surface area contributed by atoms with Gasteiger partial charge in [-0.15, -0.1) is 0 Å². The van der Waals surface area contributed by atoms with Gasteiger partial charge in [-0.1, -0.05) is 97.0 Å². The fourth-order valence-electron chi connectivity index (χ4n) is 5.33. The van der Waals surface area contributed by atoms with Gasteiger partial charge in [-0.05, 0) is 30.9 Å². The van der Waals surface area contributed by atoms with Crippen molar-refractivity contribution in [2.75, 3.05) is 20.6 Å². The first-order valence-electron chi connectivity index (χ1n) is 14.1. The molecule has 3 amide bonds. The topological polar surface area (TPSA) is 119 Å². The van der Waals surface area contributed by atoms with Crippen molar-refractivity contribution in [1.82, 2.24) is 20.4 Å². The maximum absolute atomic E-state index is 14.0. The Balaban J connectivity index is 2.34. The van der Waals surface area contributed by atoms with E-state index in [9.17, 15) is 24.3 Å². The standard InChI is InChI=1S/C32H48N4O5/c1-20(2)24(19-21(3)28(38)36-18-14-17-23(36)30(40)41)35(10)29(39)26(31(4,5)6)34-27(37)25(33-9)32(7,8)22-15-12-11-13-16-22/h11-17,19-20,23-26,33H,18H2,1-10H3,(H,34,37)(H,40,41)/b21-19+/t23-,24+,25+,26+/m0/s1. The molecule has 2 rings (SSSR count). The first-order valence-corrected chi connectivity index (χ1v) is 14.1. The van der Waals surface area contributed by atoms with Crippen molar-refractivity contribution in [3.05, 3.63) is 59.7 Å². The van der Waals surface area contributed by atoms with Crippen molar-refractivity contribution in [2.24, 2.45) is 11.3 Å². The molecule has 9 heteroatoms. The molecule has 0 saturated heterocycles. The van der Waals surface area contributed by atoms with Crippen LogP contribution < -0.4 is 10.6 Å². The summed E-state index contributed by atoms with van der Waals surface area (Å²) in [5.74, 6) is -2.11. The van der Waals surface area contributed by atoms with Gasteiger partial charge in [-0.2, -0.15) is 0 Å². The van der Waals surface area contributed by atoms with Gasteiger partial charge in [0.05, 0.1) is 12.1 Å². The van der Waals surface area contributed by atoms with Crippen LogP contribution in [0.25, 0.3) is 0 Å². The van der Waals surface area contributed by atoms with Crippen LogP contribution in [0, 0.1) is 11.3 Å². The molecule has 4 atom stereocenters. The zero-order chi connectivity index (χ0) is 31.3. The minimum Gasteiger partial charge on any atom is -0.479 e. The first-order chi connectivity index (χ1) is 18.9. The molecule has 1 aliphatic heterocycles. The SMILES string of the molecule is CN[C@H](C(=O)N[C@H](C(=O)N(C)[C@H](/C=C(\C)C(=O)N1CC=C[C@H]1C(=O)O)C(C)C)C(C)(C)C)C(C)(C)c1ccccc1. The molecule has 0 radical (unpaired) electrons. The summed E-state index contributed by atoms with van der Waals surface area (Å²) in [5.41, 5.74) is 0.182. The van der Waals surface area contributed by atoms with Gasteiger partial charge >= 0.3 is 5.97 Å². The van der Waals surface area contributed by atoms with Gasteiger partial charge < -0.3 is 25.5 Å². The third kappa shape index (κ3) is 7.85. The summed E-state index contributed by atoms with van der Waals surface area (Å²) >= 11 is 0. The second-order valence-corrected chi connectivity index (χ2v) is 12.8. The van der Waals surface area contributed by atoms with Gasteiger partial charge in [0.2, 0.25) is 11.8 Å². The molecule has 1 aromatic rings. The minimum atomic E-state index is -1.09. The third-order valence-corrected chi connectivity index (χ3v) is 7.90. The van der Waals surface area contributed by atoms with E-state index in [-0.39, 0.29) is 24.3 Å².